The van der Waals surface area contributed by atoms with E-state index in [2.05, 4.69) is 37.5 Å². The van der Waals surface area contributed by atoms with Crippen molar-refractivity contribution in [1.29, 1.82) is 5.26 Å². The first-order valence-electron chi connectivity index (χ1n) is 7.31. The molecule has 0 saturated heterocycles. The molecular weight excluding hydrogens is 260 g/mol. The number of hydrogen-bond donors (Lipinski definition) is 1. The van der Waals surface area contributed by atoms with Gasteiger partial charge in [0.2, 0.25) is 0 Å². The fraction of sp³-hybridized carbons (Fsp3) is 0.389. The van der Waals surface area contributed by atoms with E-state index in [4.69, 9.17) is 5.26 Å². The molecule has 108 valence electrons. The molecule has 0 bridgehead atoms. The third kappa shape index (κ3) is 2.36. The summed E-state index contributed by atoms with van der Waals surface area (Å²) in [6, 6.07) is 11.9. The number of fused-ring (bicyclic) bond motifs is 1. The molecule has 0 amide bonds. The summed E-state index contributed by atoms with van der Waals surface area (Å²) in [4.78, 5) is 0. The zero-order valence-corrected chi connectivity index (χ0v) is 12.7. The Balaban J connectivity index is 2.14. The monoisotopic (exact) mass is 280 g/mol. The molecule has 0 fully saturated rings. The third-order valence-electron chi connectivity index (χ3n) is 4.33. The summed E-state index contributed by atoms with van der Waals surface area (Å²) in [6.45, 7) is 6.46. The molecule has 1 heterocycles. The second kappa shape index (κ2) is 4.75. The van der Waals surface area contributed by atoms with E-state index in [-0.39, 0.29) is 11.5 Å². The summed E-state index contributed by atoms with van der Waals surface area (Å²) in [5.74, 6) is 0. The number of rotatable bonds is 1. The van der Waals surface area contributed by atoms with Gasteiger partial charge in [-0.1, -0.05) is 13.8 Å². The van der Waals surface area contributed by atoms with Gasteiger partial charge in [-0.3, -0.25) is 0 Å². The molecule has 1 unspecified atom stereocenters. The van der Waals surface area contributed by atoms with Gasteiger partial charge in [0.15, 0.2) is 0 Å². The van der Waals surface area contributed by atoms with Gasteiger partial charge in [-0.05, 0) is 55.5 Å². The summed E-state index contributed by atoms with van der Waals surface area (Å²) < 4.78 is 2.21. The number of nitrogens with zero attached hydrogens (tertiary/aromatic N) is 2. The predicted octanol–water partition coefficient (Wildman–Crippen LogP) is 3.66. The Morgan fingerprint density at radius 3 is 2.57 bits per heavy atom. The van der Waals surface area contributed by atoms with Crippen molar-refractivity contribution in [3.8, 4) is 11.8 Å². The van der Waals surface area contributed by atoms with Crippen LogP contribution in [0.1, 0.15) is 48.9 Å². The first kappa shape index (κ1) is 13.9. The second-order valence-corrected chi connectivity index (χ2v) is 6.74. The first-order valence-corrected chi connectivity index (χ1v) is 7.31. The number of nitriles is 1. The van der Waals surface area contributed by atoms with E-state index in [0.717, 1.165) is 29.8 Å². The van der Waals surface area contributed by atoms with Gasteiger partial charge < -0.3 is 9.67 Å². The average molecular weight is 280 g/mol. The SMILES string of the molecule is Cc1cc2c(n1-c1ccc(C#N)cc1)CC(C)(C)CC2O. The zero-order valence-electron chi connectivity index (χ0n) is 12.7. The van der Waals surface area contributed by atoms with Crippen LogP contribution in [0, 0.1) is 23.7 Å². The molecule has 0 saturated carbocycles. The molecule has 0 aliphatic heterocycles. The van der Waals surface area contributed by atoms with Crippen molar-refractivity contribution in [2.24, 2.45) is 5.41 Å². The lowest BCUT2D eigenvalue weighted by Crippen LogP contribution is -2.26. The first-order chi connectivity index (χ1) is 9.91. The van der Waals surface area contributed by atoms with Crippen molar-refractivity contribution >= 4 is 0 Å². The van der Waals surface area contributed by atoms with Crippen molar-refractivity contribution in [3.05, 3.63) is 52.8 Å². The maximum Gasteiger partial charge on any atom is 0.0991 e. The highest BCUT2D eigenvalue weighted by Gasteiger charge is 2.34. The maximum absolute atomic E-state index is 10.4. The van der Waals surface area contributed by atoms with Crippen LogP contribution in [0.4, 0.5) is 0 Å². The second-order valence-electron chi connectivity index (χ2n) is 6.74. The Labute approximate surface area is 125 Å². The van der Waals surface area contributed by atoms with Gasteiger partial charge in [0.05, 0.1) is 17.7 Å². The van der Waals surface area contributed by atoms with Crippen molar-refractivity contribution in [1.82, 2.24) is 4.57 Å². The highest BCUT2D eigenvalue weighted by molar-refractivity contribution is 5.46. The third-order valence-corrected chi connectivity index (χ3v) is 4.33. The van der Waals surface area contributed by atoms with Gasteiger partial charge in [0, 0.05) is 22.6 Å². The van der Waals surface area contributed by atoms with E-state index in [1.165, 1.54) is 5.69 Å². The summed E-state index contributed by atoms with van der Waals surface area (Å²) in [6.07, 6.45) is 1.37. The van der Waals surface area contributed by atoms with Crippen LogP contribution in [0.5, 0.6) is 0 Å². The molecule has 1 aliphatic rings. The van der Waals surface area contributed by atoms with Crippen LogP contribution in [0.3, 0.4) is 0 Å². The van der Waals surface area contributed by atoms with E-state index >= 15 is 0 Å². The number of aromatic nitrogens is 1. The molecule has 3 rings (SSSR count). The van der Waals surface area contributed by atoms with Crippen LogP contribution in [-0.2, 0) is 6.42 Å². The topological polar surface area (TPSA) is 49.0 Å². The minimum atomic E-state index is -0.387. The van der Waals surface area contributed by atoms with Crippen LogP contribution in [-0.4, -0.2) is 9.67 Å². The van der Waals surface area contributed by atoms with Gasteiger partial charge in [0.1, 0.15) is 0 Å². The largest absolute Gasteiger partial charge is 0.388 e. The van der Waals surface area contributed by atoms with Crippen LogP contribution in [0.2, 0.25) is 0 Å². The van der Waals surface area contributed by atoms with Gasteiger partial charge in [-0.15, -0.1) is 0 Å². The van der Waals surface area contributed by atoms with E-state index in [1.54, 1.807) is 0 Å². The maximum atomic E-state index is 10.4. The molecular formula is C18H20N2O. The van der Waals surface area contributed by atoms with Crippen molar-refractivity contribution in [2.45, 2.75) is 39.7 Å². The fourth-order valence-electron chi connectivity index (χ4n) is 3.39. The Morgan fingerprint density at radius 1 is 1.29 bits per heavy atom. The highest BCUT2D eigenvalue weighted by atomic mass is 16.3. The Morgan fingerprint density at radius 2 is 1.95 bits per heavy atom. The Hall–Kier alpha value is -2.05. The van der Waals surface area contributed by atoms with Crippen LogP contribution < -0.4 is 0 Å². The molecule has 1 atom stereocenters. The molecule has 21 heavy (non-hydrogen) atoms. The molecule has 1 aromatic heterocycles. The smallest absolute Gasteiger partial charge is 0.0991 e. The number of hydrogen-bond acceptors (Lipinski definition) is 2. The summed E-state index contributed by atoms with van der Waals surface area (Å²) in [7, 11) is 0. The van der Waals surface area contributed by atoms with E-state index < -0.39 is 0 Å². The van der Waals surface area contributed by atoms with Crippen molar-refractivity contribution in [2.75, 3.05) is 0 Å². The normalized spacial score (nSPS) is 19.9. The summed E-state index contributed by atoms with van der Waals surface area (Å²) in [5, 5.41) is 19.3. The molecule has 1 aromatic carbocycles. The fourth-order valence-corrected chi connectivity index (χ4v) is 3.39. The molecule has 1 N–H and O–H groups in total. The van der Waals surface area contributed by atoms with Crippen LogP contribution >= 0.6 is 0 Å². The Bertz CT molecular complexity index is 717. The quantitative estimate of drug-likeness (QED) is 0.866. The van der Waals surface area contributed by atoms with E-state index in [0.29, 0.717) is 5.56 Å². The van der Waals surface area contributed by atoms with E-state index in [1.807, 2.05) is 24.3 Å². The lowest BCUT2D eigenvalue weighted by Gasteiger charge is -2.34. The average Bonchev–Trinajstić information content (AvgIpc) is 2.74. The van der Waals surface area contributed by atoms with Crippen molar-refractivity contribution in [3.63, 3.8) is 0 Å². The lowest BCUT2D eigenvalue weighted by atomic mass is 9.75. The molecule has 2 aromatic rings. The molecule has 1 aliphatic carbocycles. The number of benzene rings is 1. The summed E-state index contributed by atoms with van der Waals surface area (Å²) >= 11 is 0. The lowest BCUT2D eigenvalue weighted by molar-refractivity contribution is 0.0987. The minimum Gasteiger partial charge on any atom is -0.388 e. The van der Waals surface area contributed by atoms with Gasteiger partial charge in [0.25, 0.3) is 0 Å². The van der Waals surface area contributed by atoms with E-state index in [9.17, 15) is 5.11 Å². The number of aliphatic hydroxyl groups is 1. The Kier molecular flexibility index (Phi) is 3.15. The van der Waals surface area contributed by atoms with Crippen LogP contribution in [0.15, 0.2) is 30.3 Å². The molecule has 3 heteroatoms. The standard InChI is InChI=1S/C18H20N2O/c1-12-8-15-16(9-18(2,3)10-17(15)21)20(12)14-6-4-13(11-19)5-7-14/h4-8,17,21H,9-10H2,1-3H3. The van der Waals surface area contributed by atoms with Crippen molar-refractivity contribution < 1.29 is 5.11 Å². The highest BCUT2D eigenvalue weighted by Crippen LogP contribution is 2.42. The summed E-state index contributed by atoms with van der Waals surface area (Å²) in [5.41, 5.74) is 5.19. The predicted molar refractivity (Wildman–Crippen MR) is 82.3 cm³/mol. The van der Waals surface area contributed by atoms with Gasteiger partial charge in [-0.25, -0.2) is 0 Å². The minimum absolute atomic E-state index is 0.0988. The zero-order chi connectivity index (χ0) is 15.2. The van der Waals surface area contributed by atoms with Crippen LogP contribution in [0.25, 0.3) is 5.69 Å². The molecule has 0 spiro atoms. The molecule has 3 nitrogen and oxygen atoms in total. The molecule has 0 radical (unpaired) electrons. The van der Waals surface area contributed by atoms with Gasteiger partial charge >= 0.3 is 0 Å². The number of aliphatic hydroxyl groups excluding tert-OH is 1. The number of aryl methyl sites for hydroxylation is 1. The van der Waals surface area contributed by atoms with Gasteiger partial charge in [-0.2, -0.15) is 5.26 Å².